The Labute approximate surface area is 193 Å². The third-order valence-corrected chi connectivity index (χ3v) is 6.45. The molecule has 0 fully saturated rings. The smallest absolute Gasteiger partial charge is 0.255 e. The number of rotatable bonds is 8. The summed E-state index contributed by atoms with van der Waals surface area (Å²) in [6.07, 6.45) is 10.1. The van der Waals surface area contributed by atoms with Gasteiger partial charge in [-0.3, -0.25) is 9.52 Å². The lowest BCUT2D eigenvalue weighted by Crippen LogP contribution is -2.24. The van der Waals surface area contributed by atoms with Crippen LogP contribution in [-0.4, -0.2) is 17.4 Å². The molecule has 0 bridgehead atoms. The van der Waals surface area contributed by atoms with E-state index in [9.17, 15) is 4.79 Å². The Balaban J connectivity index is 1.47. The molecule has 1 amide bonds. The van der Waals surface area contributed by atoms with Gasteiger partial charge in [-0.1, -0.05) is 31.0 Å². The summed E-state index contributed by atoms with van der Waals surface area (Å²) in [5, 5.41) is 6.00. The molecule has 0 aliphatic heterocycles. The van der Waals surface area contributed by atoms with Crippen molar-refractivity contribution in [1.82, 2.24) is 15.0 Å². The molecule has 6 heteroatoms. The minimum atomic E-state index is -0.246. The highest BCUT2D eigenvalue weighted by Gasteiger charge is 2.23. The van der Waals surface area contributed by atoms with E-state index in [2.05, 4.69) is 69.6 Å². The third kappa shape index (κ3) is 5.13. The van der Waals surface area contributed by atoms with Crippen molar-refractivity contribution < 1.29 is 4.79 Å². The molecule has 1 aliphatic carbocycles. The summed E-state index contributed by atoms with van der Waals surface area (Å²) in [6.45, 7) is 2.34. The number of aromatic nitrogens is 1. The van der Waals surface area contributed by atoms with E-state index < -0.39 is 0 Å². The first-order chi connectivity index (χ1) is 15.7. The van der Waals surface area contributed by atoms with E-state index in [1.54, 1.807) is 30.3 Å². The van der Waals surface area contributed by atoms with E-state index >= 15 is 0 Å². The van der Waals surface area contributed by atoms with E-state index in [4.69, 9.17) is 6.42 Å². The largest absolute Gasteiger partial charge is 0.341 e. The van der Waals surface area contributed by atoms with Crippen LogP contribution in [0, 0.1) is 12.3 Å². The van der Waals surface area contributed by atoms with E-state index in [0.29, 0.717) is 11.4 Å². The third-order valence-electron chi connectivity index (χ3n) is 5.54. The van der Waals surface area contributed by atoms with Crippen molar-refractivity contribution in [3.05, 3.63) is 83.0 Å². The minimum absolute atomic E-state index is 0.179. The minimum Gasteiger partial charge on any atom is -0.341 e. The quantitative estimate of drug-likeness (QED) is 0.337. The second-order valence-electron chi connectivity index (χ2n) is 7.63. The van der Waals surface area contributed by atoms with Crippen LogP contribution in [0.2, 0.25) is 0 Å². The lowest BCUT2D eigenvalue weighted by molar-refractivity contribution is 0.0959. The Morgan fingerprint density at radius 1 is 1.22 bits per heavy atom. The number of terminal acetylenes is 1. The van der Waals surface area contributed by atoms with Crippen LogP contribution in [0.3, 0.4) is 0 Å². The van der Waals surface area contributed by atoms with Crippen molar-refractivity contribution >= 4 is 29.4 Å². The van der Waals surface area contributed by atoms with Crippen LogP contribution < -0.4 is 15.4 Å². The summed E-state index contributed by atoms with van der Waals surface area (Å²) >= 11 is 1.67. The summed E-state index contributed by atoms with van der Waals surface area (Å²) in [4.78, 5) is 18.0. The predicted octanol–water partition coefficient (Wildman–Crippen LogP) is 5.03. The molecule has 1 atom stereocenters. The van der Waals surface area contributed by atoms with Gasteiger partial charge in [0, 0.05) is 22.8 Å². The van der Waals surface area contributed by atoms with Crippen LogP contribution >= 0.6 is 11.9 Å². The molecule has 0 radical (unpaired) electrons. The highest BCUT2D eigenvalue weighted by molar-refractivity contribution is 7.97. The number of nitrogens with one attached hydrogen (secondary N) is 3. The van der Waals surface area contributed by atoms with Gasteiger partial charge in [-0.2, -0.15) is 0 Å². The number of hydrogen-bond donors (Lipinski definition) is 3. The molecule has 1 aromatic heterocycles. The van der Waals surface area contributed by atoms with Crippen LogP contribution in [0.25, 0.3) is 0 Å². The molecular weight excluding hydrogens is 416 g/mol. The zero-order chi connectivity index (χ0) is 22.3. The summed E-state index contributed by atoms with van der Waals surface area (Å²) in [6, 6.07) is 18.8. The Kier molecular flexibility index (Phi) is 7.10. The van der Waals surface area contributed by atoms with Crippen molar-refractivity contribution in [2.75, 3.05) is 11.9 Å². The molecule has 5 nitrogen and oxygen atoms in total. The molecule has 2 aromatic carbocycles. The molecule has 0 saturated carbocycles. The number of nitrogens with zero attached hydrogens (tertiary/aromatic N) is 1. The number of aryl methyl sites for hydroxylation is 2. The summed E-state index contributed by atoms with van der Waals surface area (Å²) in [7, 11) is 0. The average molecular weight is 443 g/mol. The van der Waals surface area contributed by atoms with Crippen molar-refractivity contribution in [2.45, 2.75) is 37.1 Å². The maximum Gasteiger partial charge on any atom is 0.255 e. The molecule has 0 saturated heterocycles. The van der Waals surface area contributed by atoms with Gasteiger partial charge < -0.3 is 10.6 Å². The molecular formula is C26H26N4OS. The summed E-state index contributed by atoms with van der Waals surface area (Å²) in [5.74, 6) is 2.68. The summed E-state index contributed by atoms with van der Waals surface area (Å²) < 4.78 is 3.63. The highest BCUT2D eigenvalue weighted by Crippen LogP contribution is 2.36. The van der Waals surface area contributed by atoms with Crippen molar-refractivity contribution in [3.8, 4) is 12.3 Å². The van der Waals surface area contributed by atoms with Crippen molar-refractivity contribution in [1.29, 1.82) is 0 Å². The zero-order valence-electron chi connectivity index (χ0n) is 18.0. The first kappa shape index (κ1) is 21.9. The standard InChI is InChI=1S/C26H26N4OS/c1-3-15-28-26(31)22-6-5-16-27-25(22)29-20-11-9-19-10-14-24(23(19)17-20)30-32-21-12-7-18(4-2)8-13-21/h1,5-9,11-13,16-17,24,30H,4,10,14-15H2,2H3,(H,27,29)(H,28,31). The number of hydrogen-bond acceptors (Lipinski definition) is 5. The molecule has 3 aromatic rings. The van der Waals surface area contributed by atoms with Gasteiger partial charge >= 0.3 is 0 Å². The van der Waals surface area contributed by atoms with Crippen molar-refractivity contribution in [2.24, 2.45) is 0 Å². The van der Waals surface area contributed by atoms with Crippen LogP contribution in [0.4, 0.5) is 11.5 Å². The van der Waals surface area contributed by atoms with Crippen LogP contribution in [0.1, 0.15) is 46.4 Å². The maximum absolute atomic E-state index is 12.4. The Morgan fingerprint density at radius 3 is 2.84 bits per heavy atom. The predicted molar refractivity (Wildman–Crippen MR) is 131 cm³/mol. The van der Waals surface area contributed by atoms with E-state index in [-0.39, 0.29) is 18.5 Å². The molecule has 3 N–H and O–H groups in total. The molecule has 162 valence electrons. The molecule has 0 spiro atoms. The van der Waals surface area contributed by atoms with Gasteiger partial charge in [-0.15, -0.1) is 6.42 Å². The van der Waals surface area contributed by atoms with Crippen molar-refractivity contribution in [3.63, 3.8) is 0 Å². The number of fused-ring (bicyclic) bond motifs is 1. The molecule has 32 heavy (non-hydrogen) atoms. The fourth-order valence-corrected chi connectivity index (χ4v) is 4.58. The topological polar surface area (TPSA) is 66.0 Å². The molecule has 1 heterocycles. The number of pyridine rings is 1. The molecule has 4 rings (SSSR count). The number of carbonyl (C=O) groups is 1. The fraction of sp³-hybridized carbons (Fsp3) is 0.231. The maximum atomic E-state index is 12.4. The number of amides is 1. The van der Waals surface area contributed by atoms with Gasteiger partial charge in [0.1, 0.15) is 5.82 Å². The lowest BCUT2D eigenvalue weighted by Gasteiger charge is -2.16. The highest BCUT2D eigenvalue weighted by atomic mass is 32.2. The van der Waals surface area contributed by atoms with Gasteiger partial charge in [-0.05, 0) is 84.3 Å². The Morgan fingerprint density at radius 2 is 2.06 bits per heavy atom. The van der Waals surface area contributed by atoms with Crippen LogP contribution in [0.5, 0.6) is 0 Å². The van der Waals surface area contributed by atoms with Crippen LogP contribution in [-0.2, 0) is 12.8 Å². The second-order valence-corrected chi connectivity index (χ2v) is 8.54. The van der Waals surface area contributed by atoms with E-state index in [1.165, 1.54) is 21.6 Å². The van der Waals surface area contributed by atoms with E-state index in [1.807, 2.05) is 6.07 Å². The Bertz CT molecular complexity index is 1140. The number of benzene rings is 2. The van der Waals surface area contributed by atoms with Gasteiger partial charge in [0.2, 0.25) is 0 Å². The normalized spacial score (nSPS) is 14.4. The average Bonchev–Trinajstić information content (AvgIpc) is 3.24. The van der Waals surface area contributed by atoms with Gasteiger partial charge in [-0.25, -0.2) is 4.98 Å². The van der Waals surface area contributed by atoms with E-state index in [0.717, 1.165) is 24.9 Å². The Hall–Kier alpha value is -3.27. The fourth-order valence-electron chi connectivity index (χ4n) is 3.79. The molecule has 1 aliphatic rings. The number of anilines is 2. The van der Waals surface area contributed by atoms with Crippen LogP contribution in [0.15, 0.2) is 65.7 Å². The monoisotopic (exact) mass is 442 g/mol. The zero-order valence-corrected chi connectivity index (χ0v) is 18.8. The van der Waals surface area contributed by atoms with Gasteiger partial charge in [0.25, 0.3) is 5.91 Å². The second kappa shape index (κ2) is 10.4. The number of carbonyl (C=O) groups excluding carboxylic acids is 1. The lowest BCUT2D eigenvalue weighted by atomic mass is 10.1. The first-order valence-electron chi connectivity index (χ1n) is 10.8. The molecule has 1 unspecified atom stereocenters. The van der Waals surface area contributed by atoms with Gasteiger partial charge in [0.15, 0.2) is 0 Å². The SMILES string of the molecule is C#CCNC(=O)c1cccnc1Nc1ccc2c(c1)C(NSc1ccc(CC)cc1)CC2. The van der Waals surface area contributed by atoms with Gasteiger partial charge in [0.05, 0.1) is 12.1 Å². The first-order valence-corrected chi connectivity index (χ1v) is 11.6. The summed E-state index contributed by atoms with van der Waals surface area (Å²) in [5.41, 5.74) is 5.34.